The Hall–Kier alpha value is -1.89. The van der Waals surface area contributed by atoms with Crippen molar-refractivity contribution in [2.45, 2.75) is 18.9 Å². The largest absolute Gasteiger partial charge is 0.376 e. The third-order valence-electron chi connectivity index (χ3n) is 4.26. The SMILES string of the molecule is CN(C)c1cnnc(N2CCN(C(=O)[C@H]3CCCO3)CC2)c1. The van der Waals surface area contributed by atoms with E-state index in [1.807, 2.05) is 30.0 Å². The van der Waals surface area contributed by atoms with Gasteiger partial charge in [0.2, 0.25) is 0 Å². The molecule has 1 aromatic heterocycles. The number of nitrogens with zero attached hydrogens (tertiary/aromatic N) is 5. The Morgan fingerprint density at radius 3 is 2.73 bits per heavy atom. The molecule has 1 atom stereocenters. The molecule has 0 spiro atoms. The summed E-state index contributed by atoms with van der Waals surface area (Å²) in [5.74, 6) is 1.01. The molecule has 7 heteroatoms. The van der Waals surface area contributed by atoms with Crippen LogP contribution in [-0.4, -0.2) is 74.0 Å². The highest BCUT2D eigenvalue weighted by atomic mass is 16.5. The minimum absolute atomic E-state index is 0.144. The van der Waals surface area contributed by atoms with Gasteiger partial charge in [0.05, 0.1) is 11.9 Å². The summed E-state index contributed by atoms with van der Waals surface area (Å²) in [5, 5.41) is 8.28. The molecule has 1 amide bonds. The lowest BCUT2D eigenvalue weighted by atomic mass is 10.2. The van der Waals surface area contributed by atoms with Gasteiger partial charge in [0.15, 0.2) is 5.82 Å². The van der Waals surface area contributed by atoms with Crippen molar-refractivity contribution in [2.24, 2.45) is 0 Å². The lowest BCUT2D eigenvalue weighted by Crippen LogP contribution is -2.51. The van der Waals surface area contributed by atoms with Gasteiger partial charge in [-0.2, -0.15) is 5.10 Å². The Kier molecular flexibility index (Phi) is 4.42. The third-order valence-corrected chi connectivity index (χ3v) is 4.26. The summed E-state index contributed by atoms with van der Waals surface area (Å²) in [5.41, 5.74) is 1.03. The molecular formula is C15H23N5O2. The zero-order valence-electron chi connectivity index (χ0n) is 13.2. The van der Waals surface area contributed by atoms with E-state index in [2.05, 4.69) is 15.1 Å². The topological polar surface area (TPSA) is 61.8 Å². The summed E-state index contributed by atoms with van der Waals surface area (Å²) >= 11 is 0. The van der Waals surface area contributed by atoms with Gasteiger partial charge in [0.1, 0.15) is 6.10 Å². The quantitative estimate of drug-likeness (QED) is 0.804. The lowest BCUT2D eigenvalue weighted by Gasteiger charge is -2.36. The summed E-state index contributed by atoms with van der Waals surface area (Å²) < 4.78 is 5.49. The van der Waals surface area contributed by atoms with Gasteiger partial charge >= 0.3 is 0 Å². The number of carbonyl (C=O) groups excluding carboxylic acids is 1. The number of rotatable bonds is 3. The Bertz CT molecular complexity index is 522. The first-order valence-corrected chi connectivity index (χ1v) is 7.80. The number of carbonyl (C=O) groups is 1. The van der Waals surface area contributed by atoms with Gasteiger partial charge in [0, 0.05) is 52.9 Å². The molecule has 2 aliphatic heterocycles. The van der Waals surface area contributed by atoms with Crippen LogP contribution < -0.4 is 9.80 Å². The number of anilines is 2. The fourth-order valence-corrected chi connectivity index (χ4v) is 2.88. The van der Waals surface area contributed by atoms with Crippen LogP contribution in [-0.2, 0) is 9.53 Å². The van der Waals surface area contributed by atoms with Gasteiger partial charge in [-0.25, -0.2) is 0 Å². The van der Waals surface area contributed by atoms with Crippen molar-refractivity contribution in [1.29, 1.82) is 0 Å². The maximum atomic E-state index is 12.3. The maximum absolute atomic E-state index is 12.3. The van der Waals surface area contributed by atoms with E-state index in [1.165, 1.54) is 0 Å². The maximum Gasteiger partial charge on any atom is 0.251 e. The molecular weight excluding hydrogens is 282 g/mol. The van der Waals surface area contributed by atoms with Crippen molar-refractivity contribution in [1.82, 2.24) is 15.1 Å². The van der Waals surface area contributed by atoms with Gasteiger partial charge in [-0.1, -0.05) is 0 Å². The molecule has 3 rings (SSSR count). The molecule has 7 nitrogen and oxygen atoms in total. The fraction of sp³-hybridized carbons (Fsp3) is 0.667. The van der Waals surface area contributed by atoms with Crippen LogP contribution in [0.4, 0.5) is 11.5 Å². The molecule has 0 aliphatic carbocycles. The minimum atomic E-state index is -0.219. The van der Waals surface area contributed by atoms with Gasteiger partial charge < -0.3 is 19.4 Å². The zero-order chi connectivity index (χ0) is 15.5. The van der Waals surface area contributed by atoms with Gasteiger partial charge in [0.25, 0.3) is 5.91 Å². The molecule has 0 N–H and O–H groups in total. The van der Waals surface area contributed by atoms with Crippen LogP contribution in [0.5, 0.6) is 0 Å². The molecule has 0 radical (unpaired) electrons. The summed E-state index contributed by atoms with van der Waals surface area (Å²) in [6.45, 7) is 3.70. The second-order valence-corrected chi connectivity index (χ2v) is 5.98. The van der Waals surface area contributed by atoms with Crippen molar-refractivity contribution in [2.75, 3.05) is 56.7 Å². The van der Waals surface area contributed by atoms with Crippen LogP contribution in [0.2, 0.25) is 0 Å². The number of piperazine rings is 1. The van der Waals surface area contributed by atoms with Crippen molar-refractivity contribution in [3.05, 3.63) is 12.3 Å². The normalized spacial score (nSPS) is 22.0. The molecule has 2 aliphatic rings. The minimum Gasteiger partial charge on any atom is -0.376 e. The molecule has 3 heterocycles. The molecule has 2 saturated heterocycles. The average molecular weight is 305 g/mol. The summed E-state index contributed by atoms with van der Waals surface area (Å²) in [7, 11) is 3.97. The monoisotopic (exact) mass is 305 g/mol. The molecule has 0 bridgehead atoms. The molecule has 22 heavy (non-hydrogen) atoms. The van der Waals surface area contributed by atoms with Crippen molar-refractivity contribution in [3.63, 3.8) is 0 Å². The standard InChI is InChI=1S/C15H23N5O2/c1-18(2)12-10-14(17-16-11-12)19-5-7-20(8-6-19)15(21)13-4-3-9-22-13/h10-11,13H,3-9H2,1-2H3/t13-/m1/s1. The summed E-state index contributed by atoms with van der Waals surface area (Å²) in [6.07, 6.45) is 3.38. The van der Waals surface area contributed by atoms with E-state index in [9.17, 15) is 4.79 Å². The Morgan fingerprint density at radius 1 is 1.32 bits per heavy atom. The van der Waals surface area contributed by atoms with E-state index in [4.69, 9.17) is 4.74 Å². The van der Waals surface area contributed by atoms with Crippen LogP contribution >= 0.6 is 0 Å². The smallest absolute Gasteiger partial charge is 0.251 e. The van der Waals surface area contributed by atoms with E-state index in [-0.39, 0.29) is 12.0 Å². The summed E-state index contributed by atoms with van der Waals surface area (Å²) in [6, 6.07) is 2.03. The highest BCUT2D eigenvalue weighted by Crippen LogP contribution is 2.20. The highest BCUT2D eigenvalue weighted by molar-refractivity contribution is 5.81. The summed E-state index contributed by atoms with van der Waals surface area (Å²) in [4.78, 5) is 18.4. The van der Waals surface area contributed by atoms with Gasteiger partial charge in [-0.15, -0.1) is 5.10 Å². The molecule has 1 aromatic rings. The van der Waals surface area contributed by atoms with Crippen LogP contribution in [0.3, 0.4) is 0 Å². The Labute approximate surface area is 130 Å². The third kappa shape index (κ3) is 3.14. The van der Waals surface area contributed by atoms with Crippen LogP contribution in [0.25, 0.3) is 0 Å². The number of ether oxygens (including phenoxy) is 1. The van der Waals surface area contributed by atoms with Crippen LogP contribution in [0.1, 0.15) is 12.8 Å². The second-order valence-electron chi connectivity index (χ2n) is 5.98. The number of hydrogen-bond acceptors (Lipinski definition) is 6. The number of hydrogen-bond donors (Lipinski definition) is 0. The van der Waals surface area contributed by atoms with Crippen LogP contribution in [0, 0.1) is 0 Å². The number of aromatic nitrogens is 2. The predicted molar refractivity (Wildman–Crippen MR) is 84.1 cm³/mol. The van der Waals surface area contributed by atoms with E-state index in [0.29, 0.717) is 19.7 Å². The number of amides is 1. The predicted octanol–water partition coefficient (Wildman–Crippen LogP) is 0.370. The van der Waals surface area contributed by atoms with Gasteiger partial charge in [-0.05, 0) is 12.8 Å². The van der Waals surface area contributed by atoms with E-state index in [1.54, 1.807) is 6.20 Å². The van der Waals surface area contributed by atoms with Crippen molar-refractivity contribution >= 4 is 17.4 Å². The Morgan fingerprint density at radius 2 is 2.09 bits per heavy atom. The van der Waals surface area contributed by atoms with Gasteiger partial charge in [-0.3, -0.25) is 4.79 Å². The molecule has 0 aromatic carbocycles. The van der Waals surface area contributed by atoms with Crippen molar-refractivity contribution in [3.8, 4) is 0 Å². The molecule has 0 saturated carbocycles. The highest BCUT2D eigenvalue weighted by Gasteiger charge is 2.30. The zero-order valence-corrected chi connectivity index (χ0v) is 13.2. The Balaban J connectivity index is 1.59. The van der Waals surface area contributed by atoms with Crippen LogP contribution in [0.15, 0.2) is 12.3 Å². The fourth-order valence-electron chi connectivity index (χ4n) is 2.88. The van der Waals surface area contributed by atoms with Crippen molar-refractivity contribution < 1.29 is 9.53 Å². The molecule has 2 fully saturated rings. The van der Waals surface area contributed by atoms with E-state index >= 15 is 0 Å². The van der Waals surface area contributed by atoms with E-state index in [0.717, 1.165) is 37.4 Å². The van der Waals surface area contributed by atoms with E-state index < -0.39 is 0 Å². The molecule has 120 valence electrons. The first-order valence-electron chi connectivity index (χ1n) is 7.80. The molecule has 0 unspecified atom stereocenters. The lowest BCUT2D eigenvalue weighted by molar-refractivity contribution is -0.141. The first kappa shape index (κ1) is 15.0. The second kappa shape index (κ2) is 6.48. The average Bonchev–Trinajstić information content (AvgIpc) is 3.09. The first-order chi connectivity index (χ1) is 10.6.